The Balaban J connectivity index is 2.46. The van der Waals surface area contributed by atoms with Crippen molar-refractivity contribution in [2.45, 2.75) is 38.8 Å². The van der Waals surface area contributed by atoms with Gasteiger partial charge in [0, 0.05) is 0 Å². The second-order valence-electron chi connectivity index (χ2n) is 5.05. The highest BCUT2D eigenvalue weighted by atomic mass is 16.6. The van der Waals surface area contributed by atoms with Crippen LogP contribution >= 0.6 is 0 Å². The van der Waals surface area contributed by atoms with Gasteiger partial charge in [0.15, 0.2) is 5.78 Å². The summed E-state index contributed by atoms with van der Waals surface area (Å²) in [6.45, 7) is 7.32. The average Bonchev–Trinajstić information content (AvgIpc) is 1.94. The molecule has 0 atom stereocenters. The molecule has 1 rings (SSSR count). The van der Waals surface area contributed by atoms with E-state index in [1.807, 2.05) is 0 Å². The fourth-order valence-electron chi connectivity index (χ4n) is 1.31. The molecule has 1 aliphatic heterocycles. The summed E-state index contributed by atoms with van der Waals surface area (Å²) in [5.41, 5.74) is 4.36. The van der Waals surface area contributed by atoms with Crippen LogP contribution in [0.5, 0.6) is 0 Å². The van der Waals surface area contributed by atoms with Gasteiger partial charge in [-0.25, -0.2) is 4.79 Å². The summed E-state index contributed by atoms with van der Waals surface area (Å²) < 4.78 is 5.13. The summed E-state index contributed by atoms with van der Waals surface area (Å²) in [5.74, 6) is -0.0951. The van der Waals surface area contributed by atoms with Crippen molar-refractivity contribution in [2.24, 2.45) is 5.73 Å². The van der Waals surface area contributed by atoms with E-state index in [-0.39, 0.29) is 18.9 Å². The summed E-state index contributed by atoms with van der Waals surface area (Å²) in [4.78, 5) is 24.0. The lowest BCUT2D eigenvalue weighted by Crippen LogP contribution is -2.72. The Morgan fingerprint density at radius 3 is 2.13 bits per heavy atom. The van der Waals surface area contributed by atoms with Gasteiger partial charge in [0.05, 0.1) is 13.1 Å². The number of carbonyl (C=O) groups excluding carboxylic acids is 2. The van der Waals surface area contributed by atoms with Crippen molar-refractivity contribution in [3.63, 3.8) is 0 Å². The van der Waals surface area contributed by atoms with Gasteiger partial charge in [-0.15, -0.1) is 0 Å². The van der Waals surface area contributed by atoms with E-state index < -0.39 is 17.2 Å². The molecule has 86 valence electrons. The second kappa shape index (κ2) is 3.48. The van der Waals surface area contributed by atoms with Gasteiger partial charge in [0.25, 0.3) is 0 Å². The third-order valence-electron chi connectivity index (χ3n) is 2.30. The van der Waals surface area contributed by atoms with E-state index >= 15 is 0 Å². The lowest BCUT2D eigenvalue weighted by atomic mass is 9.88. The fourth-order valence-corrected chi connectivity index (χ4v) is 1.31. The molecular weight excluding hydrogens is 196 g/mol. The highest BCUT2D eigenvalue weighted by Crippen LogP contribution is 2.21. The van der Waals surface area contributed by atoms with Gasteiger partial charge < -0.3 is 15.4 Å². The lowest BCUT2D eigenvalue weighted by Gasteiger charge is -2.45. The van der Waals surface area contributed by atoms with E-state index in [1.54, 1.807) is 20.8 Å². The number of ketones is 1. The van der Waals surface area contributed by atoms with Gasteiger partial charge >= 0.3 is 6.09 Å². The molecular formula is C10H18N2O3. The van der Waals surface area contributed by atoms with E-state index in [4.69, 9.17) is 10.5 Å². The number of likely N-dealkylation sites (tertiary alicyclic amines) is 1. The van der Waals surface area contributed by atoms with Crippen LogP contribution in [0.15, 0.2) is 0 Å². The standard InChI is InChI=1S/C10H18N2O3/c1-7(13)10(11)5-12(6-10)8(14)15-9(2,3)4/h5-6,11H2,1-4H3. The molecule has 1 fully saturated rings. The molecule has 0 spiro atoms. The van der Waals surface area contributed by atoms with Crippen molar-refractivity contribution in [1.29, 1.82) is 0 Å². The predicted octanol–water partition coefficient (Wildman–Crippen LogP) is 0.524. The van der Waals surface area contributed by atoms with Gasteiger partial charge in [-0.2, -0.15) is 0 Å². The van der Waals surface area contributed by atoms with Crippen molar-refractivity contribution in [2.75, 3.05) is 13.1 Å². The maximum absolute atomic E-state index is 11.5. The SMILES string of the molecule is CC(=O)C1(N)CN(C(=O)OC(C)(C)C)C1. The molecule has 5 nitrogen and oxygen atoms in total. The van der Waals surface area contributed by atoms with E-state index in [2.05, 4.69) is 0 Å². The van der Waals surface area contributed by atoms with Gasteiger partial charge in [-0.3, -0.25) is 4.79 Å². The Bertz CT molecular complexity index is 288. The second-order valence-corrected chi connectivity index (χ2v) is 5.05. The summed E-state index contributed by atoms with van der Waals surface area (Å²) in [6, 6.07) is 0. The molecule has 1 amide bonds. The number of rotatable bonds is 1. The third-order valence-corrected chi connectivity index (χ3v) is 2.30. The number of nitrogens with zero attached hydrogens (tertiary/aromatic N) is 1. The summed E-state index contributed by atoms with van der Waals surface area (Å²) in [5, 5.41) is 0. The van der Waals surface area contributed by atoms with Crippen molar-refractivity contribution in [3.05, 3.63) is 0 Å². The van der Waals surface area contributed by atoms with Crippen LogP contribution in [0.3, 0.4) is 0 Å². The van der Waals surface area contributed by atoms with Crippen molar-refractivity contribution in [3.8, 4) is 0 Å². The molecule has 0 bridgehead atoms. The van der Waals surface area contributed by atoms with E-state index in [0.29, 0.717) is 0 Å². The van der Waals surface area contributed by atoms with Crippen LogP contribution in [0, 0.1) is 0 Å². The maximum Gasteiger partial charge on any atom is 0.410 e. The Morgan fingerprint density at radius 1 is 1.33 bits per heavy atom. The van der Waals surface area contributed by atoms with Gasteiger partial charge in [-0.05, 0) is 27.7 Å². The van der Waals surface area contributed by atoms with Crippen LogP contribution in [-0.4, -0.2) is 41.0 Å². The van der Waals surface area contributed by atoms with Crippen LogP contribution in [0.2, 0.25) is 0 Å². The number of hydrogen-bond donors (Lipinski definition) is 1. The molecule has 5 heteroatoms. The fraction of sp³-hybridized carbons (Fsp3) is 0.800. The first kappa shape index (κ1) is 12.0. The summed E-state index contributed by atoms with van der Waals surface area (Å²) in [6.07, 6.45) is -0.412. The van der Waals surface area contributed by atoms with Gasteiger partial charge in [0.2, 0.25) is 0 Å². The molecule has 0 unspecified atom stereocenters. The number of amides is 1. The maximum atomic E-state index is 11.5. The Hall–Kier alpha value is -1.10. The van der Waals surface area contributed by atoms with E-state index in [0.717, 1.165) is 0 Å². The minimum absolute atomic E-state index is 0.0951. The molecule has 2 N–H and O–H groups in total. The molecule has 0 aliphatic carbocycles. The monoisotopic (exact) mass is 214 g/mol. The van der Waals surface area contributed by atoms with E-state index in [1.165, 1.54) is 11.8 Å². The Labute approximate surface area is 89.6 Å². The Morgan fingerprint density at radius 2 is 1.80 bits per heavy atom. The van der Waals surface area contributed by atoms with Gasteiger partial charge in [-0.1, -0.05) is 0 Å². The minimum atomic E-state index is -0.864. The largest absolute Gasteiger partial charge is 0.444 e. The highest BCUT2D eigenvalue weighted by molar-refractivity contribution is 5.89. The van der Waals surface area contributed by atoms with Crippen LogP contribution < -0.4 is 5.73 Å². The molecule has 0 radical (unpaired) electrons. The quantitative estimate of drug-likeness (QED) is 0.690. The zero-order chi connectivity index (χ0) is 11.9. The van der Waals surface area contributed by atoms with Crippen molar-refractivity contribution in [1.82, 2.24) is 4.90 Å². The molecule has 0 aromatic rings. The van der Waals surface area contributed by atoms with Crippen LogP contribution in [0.25, 0.3) is 0 Å². The number of hydrogen-bond acceptors (Lipinski definition) is 4. The zero-order valence-electron chi connectivity index (χ0n) is 9.66. The molecule has 1 aliphatic rings. The van der Waals surface area contributed by atoms with E-state index in [9.17, 15) is 9.59 Å². The third kappa shape index (κ3) is 2.68. The number of nitrogens with two attached hydrogens (primary N) is 1. The predicted molar refractivity (Wildman–Crippen MR) is 55.4 cm³/mol. The average molecular weight is 214 g/mol. The van der Waals surface area contributed by atoms with Crippen molar-refractivity contribution < 1.29 is 14.3 Å². The molecule has 15 heavy (non-hydrogen) atoms. The van der Waals surface area contributed by atoms with Gasteiger partial charge in [0.1, 0.15) is 11.1 Å². The number of Topliss-reactive ketones (excluding diaryl/α,β-unsaturated/α-hetero) is 1. The zero-order valence-corrected chi connectivity index (χ0v) is 9.66. The first-order valence-corrected chi connectivity index (χ1v) is 4.92. The Kier molecular flexibility index (Phi) is 2.78. The minimum Gasteiger partial charge on any atom is -0.444 e. The summed E-state index contributed by atoms with van der Waals surface area (Å²) in [7, 11) is 0. The van der Waals surface area contributed by atoms with Crippen LogP contribution in [0.4, 0.5) is 4.79 Å². The number of ether oxygens (including phenoxy) is 1. The normalized spacial score (nSPS) is 19.4. The highest BCUT2D eigenvalue weighted by Gasteiger charge is 2.46. The van der Waals surface area contributed by atoms with Crippen LogP contribution in [-0.2, 0) is 9.53 Å². The summed E-state index contributed by atoms with van der Waals surface area (Å²) >= 11 is 0. The number of carbonyl (C=O) groups is 2. The first-order chi connectivity index (χ1) is 6.64. The van der Waals surface area contributed by atoms with Crippen LogP contribution in [0.1, 0.15) is 27.7 Å². The molecule has 0 saturated carbocycles. The topological polar surface area (TPSA) is 72.6 Å². The van der Waals surface area contributed by atoms with Crippen molar-refractivity contribution >= 4 is 11.9 Å². The molecule has 0 aromatic heterocycles. The first-order valence-electron chi connectivity index (χ1n) is 4.92. The lowest BCUT2D eigenvalue weighted by molar-refractivity contribution is -0.127. The molecule has 0 aromatic carbocycles. The smallest absolute Gasteiger partial charge is 0.410 e. The molecule has 1 saturated heterocycles. The molecule has 1 heterocycles.